The predicted molar refractivity (Wildman–Crippen MR) is 129 cm³/mol. The quantitative estimate of drug-likeness (QED) is 0.556. The van der Waals surface area contributed by atoms with Gasteiger partial charge in [0.15, 0.2) is 17.3 Å². The summed E-state index contributed by atoms with van der Waals surface area (Å²) in [5.41, 5.74) is -2.05. The zero-order valence-corrected chi connectivity index (χ0v) is 20.7. The van der Waals surface area contributed by atoms with E-state index in [0.717, 1.165) is 12.1 Å². The molecule has 198 valence electrons. The maximum absolute atomic E-state index is 13.5. The second kappa shape index (κ2) is 7.98. The van der Waals surface area contributed by atoms with Gasteiger partial charge in [0.1, 0.15) is 17.7 Å². The Hall–Kier alpha value is -3.55. The normalized spacial score (nSPS) is 31.1. The third-order valence-corrected chi connectivity index (χ3v) is 8.87. The standard InChI is InChI=1S/C28H25F3N2O5/c1-32-14-13-26-21-17-8-9-19(34)23(21)38-25(26)18(11-12-27(26,37)24(32)22(17)36)33(2)20(35)10-5-15-3-6-16(7-4-15)28(29,30)31/h3-4,6-9,18,24-25,34,37H,11-14H2,1-2H3/t18-,24-,25+,26+,27-/m1/s1. The molecule has 10 heteroatoms. The Labute approximate surface area is 216 Å². The number of piperidine rings is 1. The number of amides is 1. The highest BCUT2D eigenvalue weighted by atomic mass is 19.4. The van der Waals surface area contributed by atoms with Crippen LogP contribution in [0.3, 0.4) is 0 Å². The number of Topliss-reactive ketones (excluding diaryl/α,β-unsaturated/α-hetero) is 1. The number of hydrogen-bond donors (Lipinski definition) is 2. The number of likely N-dealkylation sites (N-methyl/N-ethyl adjacent to an activating group) is 2. The first-order valence-corrected chi connectivity index (χ1v) is 12.4. The van der Waals surface area contributed by atoms with Gasteiger partial charge in [0.2, 0.25) is 0 Å². The Morgan fingerprint density at radius 3 is 2.58 bits per heavy atom. The number of ether oxygens (including phenoxy) is 1. The van der Waals surface area contributed by atoms with Gasteiger partial charge in [-0.25, -0.2) is 0 Å². The van der Waals surface area contributed by atoms with Crippen molar-refractivity contribution in [3.8, 4) is 23.3 Å². The number of alkyl halides is 3. The van der Waals surface area contributed by atoms with Gasteiger partial charge in [0.05, 0.1) is 17.0 Å². The second-order valence-electron chi connectivity index (χ2n) is 10.6. The number of carbonyl (C=O) groups is 2. The van der Waals surface area contributed by atoms with Crippen molar-refractivity contribution in [3.05, 3.63) is 58.7 Å². The number of benzene rings is 2. The van der Waals surface area contributed by atoms with E-state index in [1.807, 2.05) is 11.9 Å². The lowest BCUT2D eigenvalue weighted by atomic mass is 9.48. The Kier molecular flexibility index (Phi) is 5.20. The number of likely N-dealkylation sites (tertiary alicyclic amines) is 1. The molecule has 2 bridgehead atoms. The molecule has 2 fully saturated rings. The molecule has 1 saturated carbocycles. The highest BCUT2D eigenvalue weighted by Crippen LogP contribution is 2.65. The van der Waals surface area contributed by atoms with E-state index in [4.69, 9.17) is 4.74 Å². The van der Waals surface area contributed by atoms with E-state index < -0.39 is 46.9 Å². The van der Waals surface area contributed by atoms with Crippen LogP contribution in [0, 0.1) is 11.8 Å². The van der Waals surface area contributed by atoms with Gasteiger partial charge in [0, 0.05) is 29.7 Å². The van der Waals surface area contributed by atoms with Crippen LogP contribution in [0.5, 0.6) is 11.5 Å². The lowest BCUT2D eigenvalue weighted by Gasteiger charge is -2.63. The summed E-state index contributed by atoms with van der Waals surface area (Å²) in [5.74, 6) is 4.41. The molecule has 2 aromatic rings. The second-order valence-corrected chi connectivity index (χ2v) is 10.6. The third-order valence-electron chi connectivity index (χ3n) is 8.87. The molecule has 2 N–H and O–H groups in total. The number of carbonyl (C=O) groups excluding carboxylic acids is 2. The van der Waals surface area contributed by atoms with Crippen LogP contribution in [-0.2, 0) is 16.4 Å². The minimum absolute atomic E-state index is 0.130. The van der Waals surface area contributed by atoms with Gasteiger partial charge in [-0.05, 0) is 69.3 Å². The van der Waals surface area contributed by atoms with E-state index in [1.54, 1.807) is 13.1 Å². The van der Waals surface area contributed by atoms with Crippen LogP contribution in [-0.4, -0.2) is 76.1 Å². The monoisotopic (exact) mass is 526 g/mol. The van der Waals surface area contributed by atoms with Gasteiger partial charge in [-0.2, -0.15) is 13.2 Å². The molecule has 1 saturated heterocycles. The van der Waals surface area contributed by atoms with Crippen LogP contribution < -0.4 is 4.74 Å². The fourth-order valence-corrected chi connectivity index (χ4v) is 7.10. The minimum atomic E-state index is -4.46. The van der Waals surface area contributed by atoms with Gasteiger partial charge in [-0.15, -0.1) is 0 Å². The molecule has 2 heterocycles. The number of nitrogens with zero attached hydrogens (tertiary/aromatic N) is 2. The molecular weight excluding hydrogens is 501 g/mol. The van der Waals surface area contributed by atoms with Crippen molar-refractivity contribution < 1.29 is 37.7 Å². The summed E-state index contributed by atoms with van der Waals surface area (Å²) >= 11 is 0. The average molecular weight is 527 g/mol. The van der Waals surface area contributed by atoms with E-state index >= 15 is 0 Å². The van der Waals surface area contributed by atoms with Crippen LogP contribution in [0.15, 0.2) is 36.4 Å². The maximum Gasteiger partial charge on any atom is 0.416 e. The molecule has 4 aliphatic rings. The van der Waals surface area contributed by atoms with Gasteiger partial charge in [-0.1, -0.05) is 5.92 Å². The van der Waals surface area contributed by atoms with Crippen molar-refractivity contribution in [2.45, 2.75) is 54.6 Å². The maximum atomic E-state index is 13.5. The molecule has 1 spiro atoms. The summed E-state index contributed by atoms with van der Waals surface area (Å²) < 4.78 is 44.8. The van der Waals surface area contributed by atoms with Crippen molar-refractivity contribution >= 4 is 11.7 Å². The fourth-order valence-electron chi connectivity index (χ4n) is 7.10. The number of ketones is 1. The number of halogens is 3. The molecule has 38 heavy (non-hydrogen) atoms. The van der Waals surface area contributed by atoms with E-state index in [-0.39, 0.29) is 29.3 Å². The predicted octanol–water partition coefficient (Wildman–Crippen LogP) is 2.71. The summed E-state index contributed by atoms with van der Waals surface area (Å²) in [6, 6.07) is 5.93. The molecule has 2 aliphatic carbocycles. The Morgan fingerprint density at radius 2 is 1.89 bits per heavy atom. The van der Waals surface area contributed by atoms with Crippen molar-refractivity contribution in [2.24, 2.45) is 0 Å². The molecule has 0 unspecified atom stereocenters. The first-order valence-electron chi connectivity index (χ1n) is 12.4. The van der Waals surface area contributed by atoms with Crippen LogP contribution in [0.1, 0.15) is 46.3 Å². The van der Waals surface area contributed by atoms with Crippen LogP contribution >= 0.6 is 0 Å². The molecule has 0 aromatic heterocycles. The largest absolute Gasteiger partial charge is 0.504 e. The summed E-state index contributed by atoms with van der Waals surface area (Å²) in [5, 5.41) is 22.8. The van der Waals surface area contributed by atoms with Crippen molar-refractivity contribution in [1.29, 1.82) is 0 Å². The molecule has 0 radical (unpaired) electrons. The van der Waals surface area contributed by atoms with E-state index in [1.165, 1.54) is 23.1 Å². The zero-order chi connectivity index (χ0) is 27.2. The number of hydrogen-bond acceptors (Lipinski definition) is 6. The highest BCUT2D eigenvalue weighted by Gasteiger charge is 2.75. The first kappa shape index (κ1) is 24.8. The molecule has 5 atom stereocenters. The summed E-state index contributed by atoms with van der Waals surface area (Å²) in [4.78, 5) is 29.9. The number of aromatic hydroxyl groups is 1. The molecular formula is C28H25F3N2O5. The minimum Gasteiger partial charge on any atom is -0.504 e. The summed E-state index contributed by atoms with van der Waals surface area (Å²) in [6.45, 7) is 0.519. The lowest BCUT2D eigenvalue weighted by molar-refractivity contribution is -0.183. The topological polar surface area (TPSA) is 90.3 Å². The number of phenolic OH excluding ortho intramolecular Hbond substituents is 1. The molecule has 2 aromatic carbocycles. The van der Waals surface area contributed by atoms with Crippen LogP contribution in [0.4, 0.5) is 13.2 Å². The Bertz CT molecular complexity index is 1430. The van der Waals surface area contributed by atoms with Gasteiger partial charge in [-0.3, -0.25) is 14.5 Å². The van der Waals surface area contributed by atoms with E-state index in [0.29, 0.717) is 30.5 Å². The zero-order valence-electron chi connectivity index (χ0n) is 20.7. The van der Waals surface area contributed by atoms with Crippen LogP contribution in [0.25, 0.3) is 0 Å². The van der Waals surface area contributed by atoms with Gasteiger partial charge in [0.25, 0.3) is 5.91 Å². The van der Waals surface area contributed by atoms with Crippen LogP contribution in [0.2, 0.25) is 0 Å². The summed E-state index contributed by atoms with van der Waals surface area (Å²) in [7, 11) is 3.38. The molecule has 1 amide bonds. The SMILES string of the molecule is CN1CC[C@]23c4c5ccc(O)c4O[C@H]2[C@H](N(C)C(=O)C#Cc2ccc(C(F)(F)F)cc2)CC[C@@]3(O)[C@H]1C5=O. The number of phenols is 1. The average Bonchev–Trinajstić information content (AvgIpc) is 3.22. The smallest absolute Gasteiger partial charge is 0.416 e. The Morgan fingerprint density at radius 1 is 1.18 bits per heavy atom. The van der Waals surface area contributed by atoms with E-state index in [9.17, 15) is 33.0 Å². The fraction of sp³-hybridized carbons (Fsp3) is 0.429. The van der Waals surface area contributed by atoms with Gasteiger partial charge >= 0.3 is 6.18 Å². The molecule has 6 rings (SSSR count). The third kappa shape index (κ3) is 3.12. The number of aliphatic hydroxyl groups is 1. The van der Waals surface area contributed by atoms with Crippen molar-refractivity contribution in [1.82, 2.24) is 9.80 Å². The lowest BCUT2D eigenvalue weighted by Crippen LogP contribution is -2.79. The van der Waals surface area contributed by atoms with E-state index in [2.05, 4.69) is 11.8 Å². The van der Waals surface area contributed by atoms with Crippen molar-refractivity contribution in [3.63, 3.8) is 0 Å². The Balaban J connectivity index is 1.35. The van der Waals surface area contributed by atoms with Gasteiger partial charge < -0.3 is 19.8 Å². The molecule has 7 nitrogen and oxygen atoms in total. The number of rotatable bonds is 1. The van der Waals surface area contributed by atoms with Crippen molar-refractivity contribution in [2.75, 3.05) is 20.6 Å². The first-order chi connectivity index (χ1) is 17.9. The summed E-state index contributed by atoms with van der Waals surface area (Å²) in [6.07, 6.45) is -4.16. The highest BCUT2D eigenvalue weighted by molar-refractivity contribution is 6.06. The molecule has 2 aliphatic heterocycles.